The molecule has 5 heteroatoms. The van der Waals surface area contributed by atoms with Gasteiger partial charge in [-0.1, -0.05) is 258 Å². The quantitative estimate of drug-likeness (QED) is 0.0347. The maximum atomic E-state index is 12.8. The lowest BCUT2D eigenvalue weighted by atomic mass is 10.0. The Kier molecular flexibility index (Phi) is 50.8. The molecule has 0 heterocycles. The number of hydrogen-bond acceptors (Lipinski definition) is 5. The third kappa shape index (κ3) is 49.3. The van der Waals surface area contributed by atoms with E-state index in [0.29, 0.717) is 26.1 Å². The first kappa shape index (κ1) is 58.6. The molecule has 0 aliphatic rings. The summed E-state index contributed by atoms with van der Waals surface area (Å²) in [6.07, 6.45) is 59.3. The molecule has 0 saturated heterocycles. The number of carbonyl (C=O) groups is 2. The van der Waals surface area contributed by atoms with Gasteiger partial charge in [-0.15, -0.1) is 0 Å². The molecule has 1 atom stereocenters. The van der Waals surface area contributed by atoms with Gasteiger partial charge in [0.2, 0.25) is 0 Å². The summed E-state index contributed by atoms with van der Waals surface area (Å²) in [4.78, 5) is 25.4. The van der Waals surface area contributed by atoms with Gasteiger partial charge < -0.3 is 14.2 Å². The van der Waals surface area contributed by atoms with Crippen LogP contribution in [-0.2, 0) is 23.8 Å². The smallest absolute Gasteiger partial charge is 0.306 e. The second-order valence-corrected chi connectivity index (χ2v) is 18.5. The topological polar surface area (TPSA) is 61.8 Å². The first-order chi connectivity index (χ1) is 29.6. The van der Waals surface area contributed by atoms with Gasteiger partial charge in [0.05, 0.1) is 6.61 Å². The fourth-order valence-electron chi connectivity index (χ4n) is 8.21. The predicted octanol–water partition coefficient (Wildman–Crippen LogP) is 18.2. The van der Waals surface area contributed by atoms with Gasteiger partial charge in [0, 0.05) is 19.4 Å². The Balaban J connectivity index is 4.21. The van der Waals surface area contributed by atoms with Crippen LogP contribution in [0.25, 0.3) is 0 Å². The normalized spacial score (nSPS) is 12.1. The Morgan fingerprint density at radius 2 is 0.650 bits per heavy atom. The van der Waals surface area contributed by atoms with E-state index < -0.39 is 6.10 Å². The second-order valence-electron chi connectivity index (χ2n) is 18.5. The van der Waals surface area contributed by atoms with Gasteiger partial charge in [0.1, 0.15) is 6.61 Å². The van der Waals surface area contributed by atoms with Crippen molar-refractivity contribution in [1.82, 2.24) is 0 Å². The SMILES string of the molecule is CCCCCCCC/C=C\CCCCCCCC(=O)O[C@H](COCCCCCCCCCCCCCCCCCC)COC(=O)CCCCCCCCCCCCCCC. The predicted molar refractivity (Wildman–Crippen MR) is 261 cm³/mol. The standard InChI is InChI=1S/C55H106O5/c1-4-7-10-13-16-19-22-25-27-29-32-35-38-41-44-47-50-58-51-53(52-59-54(56)48-45-42-39-36-33-30-24-21-18-15-12-9-6-3)60-55(57)49-46-43-40-37-34-31-28-26-23-20-17-14-11-8-5-2/h26,28,53H,4-25,27,29-52H2,1-3H3/b28-26-/t53-/m1/s1. The van der Waals surface area contributed by atoms with Gasteiger partial charge in [-0.3, -0.25) is 9.59 Å². The first-order valence-electron chi connectivity index (χ1n) is 27.2. The van der Waals surface area contributed by atoms with E-state index >= 15 is 0 Å². The number of carbonyl (C=O) groups excluding carboxylic acids is 2. The van der Waals surface area contributed by atoms with E-state index in [2.05, 4.69) is 32.9 Å². The zero-order chi connectivity index (χ0) is 43.5. The second kappa shape index (κ2) is 52.0. The van der Waals surface area contributed by atoms with Gasteiger partial charge in [-0.2, -0.15) is 0 Å². The molecular formula is C55H106O5. The number of allylic oxidation sites excluding steroid dienone is 2. The zero-order valence-electron chi connectivity index (χ0n) is 41.0. The molecule has 0 rings (SSSR count). The van der Waals surface area contributed by atoms with Crippen molar-refractivity contribution >= 4 is 11.9 Å². The molecule has 5 nitrogen and oxygen atoms in total. The Morgan fingerprint density at radius 1 is 0.350 bits per heavy atom. The Bertz CT molecular complexity index is 871. The minimum Gasteiger partial charge on any atom is -0.462 e. The average Bonchev–Trinajstić information content (AvgIpc) is 3.25. The van der Waals surface area contributed by atoms with E-state index in [1.165, 1.54) is 225 Å². The monoisotopic (exact) mass is 847 g/mol. The molecule has 0 aromatic carbocycles. The Hall–Kier alpha value is -1.36. The van der Waals surface area contributed by atoms with Crippen LogP contribution in [0, 0.1) is 0 Å². The van der Waals surface area contributed by atoms with Crippen molar-refractivity contribution in [2.45, 2.75) is 309 Å². The molecule has 0 radical (unpaired) electrons. The van der Waals surface area contributed by atoms with Crippen LogP contribution >= 0.6 is 0 Å². The molecule has 60 heavy (non-hydrogen) atoms. The van der Waals surface area contributed by atoms with E-state index in [9.17, 15) is 9.59 Å². The summed E-state index contributed by atoms with van der Waals surface area (Å²) in [7, 11) is 0. The van der Waals surface area contributed by atoms with Gasteiger partial charge >= 0.3 is 11.9 Å². The van der Waals surface area contributed by atoms with Gasteiger partial charge in [0.15, 0.2) is 6.10 Å². The number of unbranched alkanes of at least 4 members (excludes halogenated alkanes) is 38. The molecule has 0 aliphatic heterocycles. The highest BCUT2D eigenvalue weighted by molar-refractivity contribution is 5.70. The third-order valence-electron chi connectivity index (χ3n) is 12.3. The van der Waals surface area contributed by atoms with Crippen molar-refractivity contribution in [3.05, 3.63) is 12.2 Å². The van der Waals surface area contributed by atoms with E-state index in [0.717, 1.165) is 44.9 Å². The summed E-state index contributed by atoms with van der Waals surface area (Å²) in [5.41, 5.74) is 0. The molecule has 0 spiro atoms. The van der Waals surface area contributed by atoms with Crippen LogP contribution in [0.3, 0.4) is 0 Å². The molecule has 0 saturated carbocycles. The lowest BCUT2D eigenvalue weighted by molar-refractivity contribution is -0.163. The molecule has 0 aromatic rings. The molecule has 0 N–H and O–H groups in total. The van der Waals surface area contributed by atoms with Crippen LogP contribution < -0.4 is 0 Å². The minimum absolute atomic E-state index is 0.0916. The van der Waals surface area contributed by atoms with Crippen molar-refractivity contribution in [2.24, 2.45) is 0 Å². The molecule has 0 fully saturated rings. The molecule has 0 unspecified atom stereocenters. The van der Waals surface area contributed by atoms with Gasteiger partial charge in [-0.25, -0.2) is 0 Å². The summed E-state index contributed by atoms with van der Waals surface area (Å²) in [5, 5.41) is 0. The summed E-state index contributed by atoms with van der Waals surface area (Å²) >= 11 is 0. The van der Waals surface area contributed by atoms with E-state index in [-0.39, 0.29) is 18.5 Å². The minimum atomic E-state index is -0.530. The number of rotatable bonds is 51. The number of ether oxygens (including phenoxy) is 3. The summed E-state index contributed by atoms with van der Waals surface area (Å²) < 4.78 is 17.4. The Morgan fingerprint density at radius 3 is 1.02 bits per heavy atom. The lowest BCUT2D eigenvalue weighted by Gasteiger charge is -2.18. The molecule has 0 amide bonds. The number of hydrogen-bond donors (Lipinski definition) is 0. The van der Waals surface area contributed by atoms with Crippen molar-refractivity contribution in [3.8, 4) is 0 Å². The van der Waals surface area contributed by atoms with Crippen LogP contribution in [0.4, 0.5) is 0 Å². The highest BCUT2D eigenvalue weighted by Crippen LogP contribution is 2.16. The average molecular weight is 847 g/mol. The van der Waals surface area contributed by atoms with Crippen molar-refractivity contribution < 1.29 is 23.8 Å². The van der Waals surface area contributed by atoms with Crippen LogP contribution in [0.15, 0.2) is 12.2 Å². The molecule has 0 aliphatic carbocycles. The van der Waals surface area contributed by atoms with Crippen LogP contribution in [0.2, 0.25) is 0 Å². The van der Waals surface area contributed by atoms with E-state index in [1.807, 2.05) is 0 Å². The Labute approximate surface area is 375 Å². The van der Waals surface area contributed by atoms with Gasteiger partial charge in [-0.05, 0) is 44.9 Å². The molecular weight excluding hydrogens is 741 g/mol. The van der Waals surface area contributed by atoms with E-state index in [1.54, 1.807) is 0 Å². The van der Waals surface area contributed by atoms with Crippen molar-refractivity contribution in [1.29, 1.82) is 0 Å². The number of esters is 2. The van der Waals surface area contributed by atoms with E-state index in [4.69, 9.17) is 14.2 Å². The fourth-order valence-corrected chi connectivity index (χ4v) is 8.21. The van der Waals surface area contributed by atoms with Crippen LogP contribution in [0.1, 0.15) is 303 Å². The maximum Gasteiger partial charge on any atom is 0.306 e. The summed E-state index contributed by atoms with van der Waals surface area (Å²) in [6, 6.07) is 0. The highest BCUT2D eigenvalue weighted by Gasteiger charge is 2.17. The summed E-state index contributed by atoms with van der Waals surface area (Å²) in [6.45, 7) is 7.88. The van der Waals surface area contributed by atoms with Crippen LogP contribution in [0.5, 0.6) is 0 Å². The highest BCUT2D eigenvalue weighted by atomic mass is 16.6. The van der Waals surface area contributed by atoms with Gasteiger partial charge in [0.25, 0.3) is 0 Å². The largest absolute Gasteiger partial charge is 0.462 e. The zero-order valence-corrected chi connectivity index (χ0v) is 41.0. The fraction of sp³-hybridized carbons (Fsp3) is 0.927. The summed E-state index contributed by atoms with van der Waals surface area (Å²) in [5.74, 6) is -0.384. The first-order valence-corrected chi connectivity index (χ1v) is 27.2. The molecule has 356 valence electrons. The van der Waals surface area contributed by atoms with Crippen molar-refractivity contribution in [3.63, 3.8) is 0 Å². The molecule has 0 bridgehead atoms. The maximum absolute atomic E-state index is 12.8. The third-order valence-corrected chi connectivity index (χ3v) is 12.3. The molecule has 0 aromatic heterocycles. The van der Waals surface area contributed by atoms with Crippen LogP contribution in [-0.4, -0.2) is 37.9 Å². The van der Waals surface area contributed by atoms with Crippen molar-refractivity contribution in [2.75, 3.05) is 19.8 Å². The lowest BCUT2D eigenvalue weighted by Crippen LogP contribution is -2.30.